The van der Waals surface area contributed by atoms with Crippen molar-refractivity contribution in [3.63, 3.8) is 0 Å². The fraction of sp³-hybridized carbons (Fsp3) is 0.294. The van der Waals surface area contributed by atoms with Crippen LogP contribution in [0.25, 0.3) is 0 Å². The van der Waals surface area contributed by atoms with Gasteiger partial charge in [-0.1, -0.05) is 24.3 Å². The highest BCUT2D eigenvalue weighted by atomic mass is 35.5. The Morgan fingerprint density at radius 3 is 2.57 bits per heavy atom. The molecule has 3 nitrogen and oxygen atoms in total. The molecule has 4 heteroatoms. The molecule has 21 heavy (non-hydrogen) atoms. The van der Waals surface area contributed by atoms with Crippen LogP contribution in [0.3, 0.4) is 0 Å². The van der Waals surface area contributed by atoms with Crippen molar-refractivity contribution in [2.24, 2.45) is 0 Å². The lowest BCUT2D eigenvalue weighted by molar-refractivity contribution is 0.380. The van der Waals surface area contributed by atoms with Crippen LogP contribution in [0.5, 0.6) is 11.5 Å². The molecule has 1 aliphatic heterocycles. The summed E-state index contributed by atoms with van der Waals surface area (Å²) in [6, 6.07) is 12.4. The molecule has 4 rings (SSSR count). The van der Waals surface area contributed by atoms with E-state index in [2.05, 4.69) is 29.6 Å². The Bertz CT molecular complexity index is 686. The zero-order valence-corrected chi connectivity index (χ0v) is 12.4. The van der Waals surface area contributed by atoms with E-state index in [0.29, 0.717) is 6.04 Å². The van der Waals surface area contributed by atoms with Crippen molar-refractivity contribution in [1.82, 2.24) is 5.32 Å². The van der Waals surface area contributed by atoms with Crippen LogP contribution in [0.1, 0.15) is 34.6 Å². The minimum absolute atomic E-state index is 0. The standard InChI is InChI=1S/C17H17NO2.ClH/c19-15-7-10-5-6-14-17(13(10)8-16(15)20)12-4-2-1-3-11(12)9-18-14;/h1-4,7-8,14,17-20H,5-6,9H2;1H. The van der Waals surface area contributed by atoms with Crippen LogP contribution in [0.4, 0.5) is 0 Å². The highest BCUT2D eigenvalue weighted by Gasteiger charge is 2.35. The largest absolute Gasteiger partial charge is 0.504 e. The molecule has 0 saturated carbocycles. The summed E-state index contributed by atoms with van der Waals surface area (Å²) in [6.45, 7) is 0.913. The highest BCUT2D eigenvalue weighted by Crippen LogP contribution is 2.43. The van der Waals surface area contributed by atoms with Gasteiger partial charge in [0, 0.05) is 18.5 Å². The van der Waals surface area contributed by atoms with Crippen LogP contribution in [0.15, 0.2) is 36.4 Å². The molecule has 0 amide bonds. The molecule has 2 atom stereocenters. The van der Waals surface area contributed by atoms with Crippen molar-refractivity contribution < 1.29 is 10.2 Å². The average Bonchev–Trinajstić information content (AvgIpc) is 2.48. The van der Waals surface area contributed by atoms with Crippen LogP contribution in [-0.4, -0.2) is 16.3 Å². The Kier molecular flexibility index (Phi) is 3.56. The summed E-state index contributed by atoms with van der Waals surface area (Å²) in [6.07, 6.45) is 2.01. The van der Waals surface area contributed by atoms with Crippen molar-refractivity contribution in [3.05, 3.63) is 58.7 Å². The van der Waals surface area contributed by atoms with Gasteiger partial charge in [0.15, 0.2) is 11.5 Å². The molecule has 0 saturated heterocycles. The maximum atomic E-state index is 9.84. The second-order valence-corrected chi connectivity index (χ2v) is 5.74. The molecule has 0 radical (unpaired) electrons. The zero-order valence-electron chi connectivity index (χ0n) is 11.5. The van der Waals surface area contributed by atoms with Crippen LogP contribution >= 0.6 is 12.4 Å². The molecule has 2 unspecified atom stereocenters. The number of hydrogen-bond donors (Lipinski definition) is 3. The van der Waals surface area contributed by atoms with E-state index in [9.17, 15) is 10.2 Å². The Morgan fingerprint density at radius 2 is 1.71 bits per heavy atom. The monoisotopic (exact) mass is 303 g/mol. The fourth-order valence-corrected chi connectivity index (χ4v) is 3.68. The van der Waals surface area contributed by atoms with E-state index in [1.807, 2.05) is 0 Å². The molecule has 110 valence electrons. The number of benzene rings is 2. The quantitative estimate of drug-likeness (QED) is 0.656. The van der Waals surface area contributed by atoms with Crippen LogP contribution in [-0.2, 0) is 13.0 Å². The van der Waals surface area contributed by atoms with E-state index in [1.165, 1.54) is 11.1 Å². The van der Waals surface area contributed by atoms with Crippen molar-refractivity contribution in [3.8, 4) is 11.5 Å². The van der Waals surface area contributed by atoms with Crippen molar-refractivity contribution in [2.75, 3.05) is 0 Å². The van der Waals surface area contributed by atoms with Gasteiger partial charge >= 0.3 is 0 Å². The first kappa shape index (κ1) is 14.2. The van der Waals surface area contributed by atoms with E-state index in [1.54, 1.807) is 12.1 Å². The van der Waals surface area contributed by atoms with E-state index >= 15 is 0 Å². The van der Waals surface area contributed by atoms with E-state index < -0.39 is 0 Å². The van der Waals surface area contributed by atoms with Gasteiger partial charge in [-0.05, 0) is 47.2 Å². The van der Waals surface area contributed by atoms with E-state index in [0.717, 1.165) is 30.5 Å². The number of aromatic hydroxyl groups is 2. The van der Waals surface area contributed by atoms with Gasteiger partial charge in [-0.15, -0.1) is 12.4 Å². The summed E-state index contributed by atoms with van der Waals surface area (Å²) in [5, 5.41) is 23.2. The van der Waals surface area contributed by atoms with Gasteiger partial charge in [0.25, 0.3) is 0 Å². The van der Waals surface area contributed by atoms with Gasteiger partial charge in [-0.2, -0.15) is 0 Å². The molecule has 0 spiro atoms. The number of halogens is 1. The van der Waals surface area contributed by atoms with Crippen molar-refractivity contribution >= 4 is 12.4 Å². The number of nitrogens with one attached hydrogen (secondary N) is 1. The van der Waals surface area contributed by atoms with Crippen LogP contribution in [0.2, 0.25) is 0 Å². The lowest BCUT2D eigenvalue weighted by Gasteiger charge is -2.39. The number of rotatable bonds is 0. The Balaban J connectivity index is 0.00000132. The molecule has 0 aromatic heterocycles. The van der Waals surface area contributed by atoms with Gasteiger partial charge in [0.2, 0.25) is 0 Å². The molecule has 3 N–H and O–H groups in total. The number of phenolic OH excluding ortho intramolecular Hbond substituents is 2. The van der Waals surface area contributed by atoms with Crippen molar-refractivity contribution in [1.29, 1.82) is 0 Å². The predicted molar refractivity (Wildman–Crippen MR) is 84.3 cm³/mol. The molecule has 0 fully saturated rings. The third-order valence-electron chi connectivity index (χ3n) is 4.64. The minimum Gasteiger partial charge on any atom is -0.504 e. The molecule has 2 aliphatic rings. The fourth-order valence-electron chi connectivity index (χ4n) is 3.68. The summed E-state index contributed by atoms with van der Waals surface area (Å²) >= 11 is 0. The number of aryl methyl sites for hydroxylation is 1. The molecular formula is C17H18ClNO2. The van der Waals surface area contributed by atoms with Gasteiger partial charge in [-0.3, -0.25) is 0 Å². The maximum Gasteiger partial charge on any atom is 0.157 e. The van der Waals surface area contributed by atoms with Gasteiger partial charge in [0.05, 0.1) is 0 Å². The first-order chi connectivity index (χ1) is 9.74. The SMILES string of the molecule is Cl.Oc1cc2c(cc1O)C1c3ccccc3CNC1CC2. The van der Waals surface area contributed by atoms with Crippen LogP contribution < -0.4 is 5.32 Å². The second-order valence-electron chi connectivity index (χ2n) is 5.74. The zero-order chi connectivity index (χ0) is 13.7. The predicted octanol–water partition coefficient (Wildman–Crippen LogP) is 3.07. The molecule has 0 bridgehead atoms. The number of fused-ring (bicyclic) bond motifs is 5. The molecular weight excluding hydrogens is 286 g/mol. The average molecular weight is 304 g/mol. The highest BCUT2D eigenvalue weighted by molar-refractivity contribution is 5.85. The number of hydrogen-bond acceptors (Lipinski definition) is 3. The van der Waals surface area contributed by atoms with Gasteiger partial charge in [-0.25, -0.2) is 0 Å². The topological polar surface area (TPSA) is 52.5 Å². The summed E-state index contributed by atoms with van der Waals surface area (Å²) < 4.78 is 0. The third kappa shape index (κ3) is 2.17. The summed E-state index contributed by atoms with van der Waals surface area (Å²) in [4.78, 5) is 0. The molecule has 2 aromatic rings. The molecule has 1 heterocycles. The van der Waals surface area contributed by atoms with E-state index in [4.69, 9.17) is 0 Å². The van der Waals surface area contributed by atoms with E-state index in [-0.39, 0.29) is 29.8 Å². The lowest BCUT2D eigenvalue weighted by atomic mass is 9.72. The summed E-state index contributed by atoms with van der Waals surface area (Å²) in [5.74, 6) is 0.238. The molecule has 2 aromatic carbocycles. The summed E-state index contributed by atoms with van der Waals surface area (Å²) in [5.41, 5.74) is 4.98. The normalized spacial score (nSPS) is 22.5. The first-order valence-electron chi connectivity index (χ1n) is 7.10. The van der Waals surface area contributed by atoms with Crippen molar-refractivity contribution in [2.45, 2.75) is 31.3 Å². The smallest absolute Gasteiger partial charge is 0.157 e. The van der Waals surface area contributed by atoms with Gasteiger partial charge < -0.3 is 15.5 Å². The van der Waals surface area contributed by atoms with Crippen LogP contribution in [0, 0.1) is 0 Å². The first-order valence-corrected chi connectivity index (χ1v) is 7.10. The lowest BCUT2D eigenvalue weighted by Crippen LogP contribution is -2.42. The second kappa shape index (κ2) is 5.24. The molecule has 1 aliphatic carbocycles. The van der Waals surface area contributed by atoms with Gasteiger partial charge in [0.1, 0.15) is 0 Å². The summed E-state index contributed by atoms with van der Waals surface area (Å²) in [7, 11) is 0. The Morgan fingerprint density at radius 1 is 0.952 bits per heavy atom. The Labute approximate surface area is 130 Å². The minimum atomic E-state index is -0.0209. The number of phenols is 2. The Hall–Kier alpha value is -1.71. The third-order valence-corrected chi connectivity index (χ3v) is 4.64. The maximum absolute atomic E-state index is 9.84.